The summed E-state index contributed by atoms with van der Waals surface area (Å²) in [5.41, 5.74) is 0. The molecule has 2 aromatic rings. The molecular formula is C13H12ClNO2S. The maximum Gasteiger partial charge on any atom is 0.264 e. The highest BCUT2D eigenvalue weighted by molar-refractivity contribution is 7.21. The van der Waals surface area contributed by atoms with Gasteiger partial charge >= 0.3 is 0 Å². The first-order valence-corrected chi connectivity index (χ1v) is 7.00. The Kier molecular flexibility index (Phi) is 3.01. The van der Waals surface area contributed by atoms with Crippen molar-refractivity contribution in [2.45, 2.75) is 12.5 Å². The SMILES string of the molecule is O=C(c1cc2cccc(Cl)c2s1)N1CCC(O)C1. The number of rotatable bonds is 1. The zero-order valence-corrected chi connectivity index (χ0v) is 11.2. The van der Waals surface area contributed by atoms with Crippen molar-refractivity contribution in [2.75, 3.05) is 13.1 Å². The van der Waals surface area contributed by atoms with Gasteiger partial charge in [-0.2, -0.15) is 0 Å². The van der Waals surface area contributed by atoms with Gasteiger partial charge in [0.25, 0.3) is 5.91 Å². The van der Waals surface area contributed by atoms with Gasteiger partial charge in [0.1, 0.15) is 0 Å². The van der Waals surface area contributed by atoms with Crippen LogP contribution in [0.3, 0.4) is 0 Å². The summed E-state index contributed by atoms with van der Waals surface area (Å²) in [7, 11) is 0. The molecule has 0 saturated carbocycles. The van der Waals surface area contributed by atoms with Gasteiger partial charge in [0.2, 0.25) is 0 Å². The molecule has 1 aliphatic rings. The monoisotopic (exact) mass is 281 g/mol. The van der Waals surface area contributed by atoms with E-state index in [1.807, 2.05) is 24.3 Å². The predicted octanol–water partition coefficient (Wildman–Crippen LogP) is 2.76. The van der Waals surface area contributed by atoms with Gasteiger partial charge in [-0.05, 0) is 23.9 Å². The zero-order valence-electron chi connectivity index (χ0n) is 9.60. The van der Waals surface area contributed by atoms with Crippen LogP contribution >= 0.6 is 22.9 Å². The van der Waals surface area contributed by atoms with Crippen LogP contribution in [0.5, 0.6) is 0 Å². The molecule has 94 valence electrons. The maximum absolute atomic E-state index is 12.3. The van der Waals surface area contributed by atoms with Crippen LogP contribution in [0, 0.1) is 0 Å². The molecule has 5 heteroatoms. The highest BCUT2D eigenvalue weighted by atomic mass is 35.5. The van der Waals surface area contributed by atoms with E-state index in [2.05, 4.69) is 0 Å². The second kappa shape index (κ2) is 4.53. The summed E-state index contributed by atoms with van der Waals surface area (Å²) in [5, 5.41) is 11.1. The first-order valence-electron chi connectivity index (χ1n) is 5.80. The van der Waals surface area contributed by atoms with Gasteiger partial charge in [0.05, 0.1) is 20.7 Å². The fourth-order valence-corrected chi connectivity index (χ4v) is 3.55. The largest absolute Gasteiger partial charge is 0.391 e. The minimum Gasteiger partial charge on any atom is -0.391 e. The quantitative estimate of drug-likeness (QED) is 0.873. The van der Waals surface area contributed by atoms with E-state index >= 15 is 0 Å². The molecule has 1 N–H and O–H groups in total. The molecule has 0 radical (unpaired) electrons. The number of nitrogens with zero attached hydrogens (tertiary/aromatic N) is 1. The van der Waals surface area contributed by atoms with Crippen LogP contribution < -0.4 is 0 Å². The molecule has 1 aromatic carbocycles. The van der Waals surface area contributed by atoms with Gasteiger partial charge < -0.3 is 10.0 Å². The zero-order chi connectivity index (χ0) is 12.7. The molecule has 1 saturated heterocycles. The van der Waals surface area contributed by atoms with Crippen molar-refractivity contribution in [1.29, 1.82) is 0 Å². The number of hydrogen-bond acceptors (Lipinski definition) is 3. The van der Waals surface area contributed by atoms with E-state index < -0.39 is 0 Å². The lowest BCUT2D eigenvalue weighted by molar-refractivity contribution is 0.0770. The standard InChI is InChI=1S/C13H12ClNO2S/c14-10-3-1-2-8-6-11(18-12(8)10)13(17)15-5-4-9(16)7-15/h1-3,6,9,16H,4-5,7H2. The van der Waals surface area contributed by atoms with Crippen molar-refractivity contribution >= 4 is 38.9 Å². The number of likely N-dealkylation sites (tertiary alicyclic amines) is 1. The van der Waals surface area contributed by atoms with E-state index in [0.29, 0.717) is 29.4 Å². The highest BCUT2D eigenvalue weighted by Gasteiger charge is 2.26. The van der Waals surface area contributed by atoms with Crippen molar-refractivity contribution in [3.8, 4) is 0 Å². The number of benzene rings is 1. The fraction of sp³-hybridized carbons (Fsp3) is 0.308. The normalized spacial score (nSPS) is 19.7. The second-order valence-electron chi connectivity index (χ2n) is 4.46. The molecule has 0 spiro atoms. The number of fused-ring (bicyclic) bond motifs is 1. The smallest absolute Gasteiger partial charge is 0.264 e. The molecule has 1 aromatic heterocycles. The Balaban J connectivity index is 1.95. The summed E-state index contributed by atoms with van der Waals surface area (Å²) in [6, 6.07) is 7.53. The van der Waals surface area contributed by atoms with Gasteiger partial charge in [-0.15, -0.1) is 11.3 Å². The van der Waals surface area contributed by atoms with Gasteiger partial charge in [-0.3, -0.25) is 4.79 Å². The van der Waals surface area contributed by atoms with E-state index in [1.54, 1.807) is 4.90 Å². The molecular weight excluding hydrogens is 270 g/mol. The first-order chi connectivity index (χ1) is 8.65. The van der Waals surface area contributed by atoms with Gasteiger partial charge in [0, 0.05) is 13.1 Å². The molecule has 1 fully saturated rings. The molecule has 2 heterocycles. The van der Waals surface area contributed by atoms with Crippen LogP contribution in [-0.2, 0) is 0 Å². The van der Waals surface area contributed by atoms with Gasteiger partial charge in [-0.25, -0.2) is 0 Å². The second-order valence-corrected chi connectivity index (χ2v) is 5.92. The maximum atomic E-state index is 12.3. The lowest BCUT2D eigenvalue weighted by Crippen LogP contribution is -2.28. The van der Waals surface area contributed by atoms with Crippen LogP contribution in [0.15, 0.2) is 24.3 Å². The van der Waals surface area contributed by atoms with Crippen LogP contribution in [0.4, 0.5) is 0 Å². The Morgan fingerprint density at radius 3 is 3.00 bits per heavy atom. The molecule has 3 rings (SSSR count). The Bertz CT molecular complexity index is 610. The van der Waals surface area contributed by atoms with E-state index in [0.717, 1.165) is 10.1 Å². The van der Waals surface area contributed by atoms with Crippen LogP contribution in [0.25, 0.3) is 10.1 Å². The lowest BCUT2D eigenvalue weighted by Gasteiger charge is -2.13. The minimum absolute atomic E-state index is 0.0104. The third kappa shape index (κ3) is 2.00. The van der Waals surface area contributed by atoms with E-state index in [-0.39, 0.29) is 12.0 Å². The third-order valence-electron chi connectivity index (χ3n) is 3.16. The number of thiophene rings is 1. The number of β-amino-alcohol motifs (C(OH)–C–C–N with tert-alkyl or cyclic N) is 1. The summed E-state index contributed by atoms with van der Waals surface area (Å²) >= 11 is 7.52. The number of amides is 1. The highest BCUT2D eigenvalue weighted by Crippen LogP contribution is 2.32. The molecule has 1 atom stereocenters. The van der Waals surface area contributed by atoms with Crippen molar-refractivity contribution in [1.82, 2.24) is 4.90 Å². The Morgan fingerprint density at radius 2 is 2.33 bits per heavy atom. The van der Waals surface area contributed by atoms with Gasteiger partial charge in [-0.1, -0.05) is 23.7 Å². The van der Waals surface area contributed by atoms with E-state index in [9.17, 15) is 9.90 Å². The number of carbonyl (C=O) groups excluding carboxylic acids is 1. The number of carbonyl (C=O) groups is 1. The van der Waals surface area contributed by atoms with E-state index in [1.165, 1.54) is 11.3 Å². The topological polar surface area (TPSA) is 40.5 Å². The Hall–Kier alpha value is -1.10. The molecule has 0 aliphatic carbocycles. The third-order valence-corrected chi connectivity index (χ3v) is 4.76. The van der Waals surface area contributed by atoms with Crippen molar-refractivity contribution in [3.05, 3.63) is 34.2 Å². The predicted molar refractivity (Wildman–Crippen MR) is 73.4 cm³/mol. The van der Waals surface area contributed by atoms with Crippen molar-refractivity contribution in [3.63, 3.8) is 0 Å². The number of aliphatic hydroxyl groups excluding tert-OH is 1. The summed E-state index contributed by atoms with van der Waals surface area (Å²) in [5.74, 6) is -0.0104. The Morgan fingerprint density at radius 1 is 1.50 bits per heavy atom. The summed E-state index contributed by atoms with van der Waals surface area (Å²) < 4.78 is 0.947. The average molecular weight is 282 g/mol. The lowest BCUT2D eigenvalue weighted by atomic mass is 10.2. The average Bonchev–Trinajstić information content (AvgIpc) is 2.95. The molecule has 0 bridgehead atoms. The molecule has 3 nitrogen and oxygen atoms in total. The first kappa shape index (κ1) is 12.0. The van der Waals surface area contributed by atoms with Crippen molar-refractivity contribution < 1.29 is 9.90 Å². The van der Waals surface area contributed by atoms with Gasteiger partial charge in [0.15, 0.2) is 0 Å². The summed E-state index contributed by atoms with van der Waals surface area (Å²) in [6.45, 7) is 1.06. The van der Waals surface area contributed by atoms with Crippen LogP contribution in [0.1, 0.15) is 16.1 Å². The van der Waals surface area contributed by atoms with Crippen molar-refractivity contribution in [2.24, 2.45) is 0 Å². The molecule has 1 amide bonds. The van der Waals surface area contributed by atoms with E-state index in [4.69, 9.17) is 11.6 Å². The summed E-state index contributed by atoms with van der Waals surface area (Å²) in [6.07, 6.45) is 0.282. The molecule has 18 heavy (non-hydrogen) atoms. The number of halogens is 1. The number of hydrogen-bond donors (Lipinski definition) is 1. The van der Waals surface area contributed by atoms with Crippen LogP contribution in [0.2, 0.25) is 5.02 Å². The molecule has 1 aliphatic heterocycles. The van der Waals surface area contributed by atoms with Crippen LogP contribution in [-0.4, -0.2) is 35.1 Å². The molecule has 1 unspecified atom stereocenters. The fourth-order valence-electron chi connectivity index (χ4n) is 2.22. The minimum atomic E-state index is -0.382. The Labute approximate surface area is 114 Å². The summed E-state index contributed by atoms with van der Waals surface area (Å²) in [4.78, 5) is 14.6. The number of aliphatic hydroxyl groups is 1.